The third-order valence-electron chi connectivity index (χ3n) is 1.83. The highest BCUT2D eigenvalue weighted by Gasteiger charge is 2.29. The van der Waals surface area contributed by atoms with Crippen LogP contribution in [-0.4, -0.2) is 28.7 Å². The number of hydrogen-bond acceptors (Lipinski definition) is 3. The summed E-state index contributed by atoms with van der Waals surface area (Å²) in [6.45, 7) is -0.354. The lowest BCUT2D eigenvalue weighted by molar-refractivity contribution is -0.137. The molecule has 16 heavy (non-hydrogen) atoms. The number of alkyl halides is 3. The molecule has 0 amide bonds. The molecule has 1 atom stereocenters. The van der Waals surface area contributed by atoms with Crippen LogP contribution in [0.25, 0.3) is 0 Å². The van der Waals surface area contributed by atoms with Gasteiger partial charge in [-0.3, -0.25) is 0 Å². The predicted molar refractivity (Wildman–Crippen MR) is 55.3 cm³/mol. The summed E-state index contributed by atoms with van der Waals surface area (Å²) in [6, 6.07) is 4.68. The van der Waals surface area contributed by atoms with E-state index in [1.54, 1.807) is 0 Å². The average Bonchev–Trinajstić information content (AvgIpc) is 2.25. The van der Waals surface area contributed by atoms with Crippen LogP contribution in [0.1, 0.15) is 5.56 Å². The molecule has 0 aliphatic heterocycles. The van der Waals surface area contributed by atoms with Gasteiger partial charge in [0.25, 0.3) is 0 Å². The van der Waals surface area contributed by atoms with Gasteiger partial charge in [-0.2, -0.15) is 13.2 Å². The lowest BCUT2D eigenvalue weighted by Crippen LogP contribution is -2.14. The van der Waals surface area contributed by atoms with Crippen molar-refractivity contribution in [3.63, 3.8) is 0 Å². The van der Waals surface area contributed by atoms with Crippen molar-refractivity contribution in [1.82, 2.24) is 0 Å². The number of halogens is 3. The minimum atomic E-state index is -4.33. The highest BCUT2D eigenvalue weighted by atomic mass is 32.2. The molecule has 1 unspecified atom stereocenters. The smallest absolute Gasteiger partial charge is 0.394 e. The molecular formula is C10H11F3O2S. The van der Waals surface area contributed by atoms with Crippen LogP contribution in [0.4, 0.5) is 13.2 Å². The summed E-state index contributed by atoms with van der Waals surface area (Å²) in [5.74, 6) is 0.252. The van der Waals surface area contributed by atoms with Crippen LogP contribution in [0, 0.1) is 0 Å². The van der Waals surface area contributed by atoms with Crippen molar-refractivity contribution in [1.29, 1.82) is 0 Å². The number of aliphatic hydroxyl groups is 2. The highest BCUT2D eigenvalue weighted by Crippen LogP contribution is 2.30. The standard InChI is InChI=1S/C10H11F3O2S/c11-10(12,13)7-1-3-9(4-2-7)16-6-8(15)5-14/h1-4,8,14-15H,5-6H2. The monoisotopic (exact) mass is 252 g/mol. The van der Waals surface area contributed by atoms with Crippen LogP contribution in [0.5, 0.6) is 0 Å². The molecule has 0 aliphatic carbocycles. The molecule has 2 N–H and O–H groups in total. The van der Waals surface area contributed by atoms with E-state index in [-0.39, 0.29) is 12.4 Å². The van der Waals surface area contributed by atoms with E-state index in [0.717, 1.165) is 12.1 Å². The molecule has 6 heteroatoms. The fourth-order valence-corrected chi connectivity index (χ4v) is 1.80. The van der Waals surface area contributed by atoms with Gasteiger partial charge in [0.15, 0.2) is 0 Å². The molecule has 1 rings (SSSR count). The Morgan fingerprint density at radius 2 is 1.75 bits per heavy atom. The van der Waals surface area contributed by atoms with Crippen molar-refractivity contribution in [3.8, 4) is 0 Å². The number of thioether (sulfide) groups is 1. The van der Waals surface area contributed by atoms with Crippen LogP contribution >= 0.6 is 11.8 Å². The third-order valence-corrected chi connectivity index (χ3v) is 2.99. The summed E-state index contributed by atoms with van der Waals surface area (Å²) in [7, 11) is 0. The third kappa shape index (κ3) is 4.03. The van der Waals surface area contributed by atoms with Gasteiger partial charge < -0.3 is 10.2 Å². The molecule has 0 aromatic heterocycles. The molecule has 90 valence electrons. The Morgan fingerprint density at radius 1 is 1.19 bits per heavy atom. The molecule has 0 aliphatic rings. The Hall–Kier alpha value is -0.720. The van der Waals surface area contributed by atoms with Gasteiger partial charge in [0.1, 0.15) is 0 Å². The van der Waals surface area contributed by atoms with Gasteiger partial charge in [-0.05, 0) is 24.3 Å². The molecule has 0 heterocycles. The molecular weight excluding hydrogens is 241 g/mol. The topological polar surface area (TPSA) is 40.5 Å². The largest absolute Gasteiger partial charge is 0.416 e. The molecule has 0 bridgehead atoms. The summed E-state index contributed by atoms with van der Waals surface area (Å²) < 4.78 is 36.6. The normalized spacial score (nSPS) is 13.8. The lowest BCUT2D eigenvalue weighted by Gasteiger charge is -2.08. The van der Waals surface area contributed by atoms with Crippen LogP contribution in [0.15, 0.2) is 29.2 Å². The van der Waals surface area contributed by atoms with Crippen LogP contribution < -0.4 is 0 Å². The van der Waals surface area contributed by atoms with E-state index in [0.29, 0.717) is 4.90 Å². The summed E-state index contributed by atoms with van der Waals surface area (Å²) in [4.78, 5) is 0.625. The fraction of sp³-hybridized carbons (Fsp3) is 0.400. The Labute approximate surface area is 95.1 Å². The maximum atomic E-state index is 12.2. The summed E-state index contributed by atoms with van der Waals surface area (Å²) in [5, 5.41) is 17.6. The summed E-state index contributed by atoms with van der Waals surface area (Å²) in [5.41, 5.74) is -0.695. The fourth-order valence-electron chi connectivity index (χ4n) is 0.985. The van der Waals surface area contributed by atoms with Gasteiger partial charge in [-0.25, -0.2) is 0 Å². The zero-order chi connectivity index (χ0) is 12.2. The lowest BCUT2D eigenvalue weighted by atomic mass is 10.2. The molecule has 0 fully saturated rings. The zero-order valence-electron chi connectivity index (χ0n) is 8.24. The van der Waals surface area contributed by atoms with Gasteiger partial charge >= 0.3 is 6.18 Å². The summed E-state index contributed by atoms with van der Waals surface area (Å²) >= 11 is 1.20. The zero-order valence-corrected chi connectivity index (χ0v) is 9.05. The van der Waals surface area contributed by atoms with Crippen LogP contribution in [0.3, 0.4) is 0 Å². The second-order valence-electron chi connectivity index (χ2n) is 3.17. The number of aliphatic hydroxyl groups excluding tert-OH is 2. The molecule has 2 nitrogen and oxygen atoms in total. The van der Waals surface area contributed by atoms with Crippen LogP contribution in [0.2, 0.25) is 0 Å². The second kappa shape index (κ2) is 5.56. The van der Waals surface area contributed by atoms with Crippen LogP contribution in [-0.2, 0) is 6.18 Å². The van der Waals surface area contributed by atoms with Crippen molar-refractivity contribution in [2.75, 3.05) is 12.4 Å². The molecule has 0 radical (unpaired) electrons. The number of rotatable bonds is 4. The average molecular weight is 252 g/mol. The first-order valence-corrected chi connectivity index (χ1v) is 5.51. The van der Waals surface area contributed by atoms with E-state index in [1.165, 1.54) is 23.9 Å². The minimum Gasteiger partial charge on any atom is -0.394 e. The van der Waals surface area contributed by atoms with Crippen molar-refractivity contribution < 1.29 is 23.4 Å². The Balaban J connectivity index is 2.58. The molecule has 1 aromatic carbocycles. The van der Waals surface area contributed by atoms with Crippen molar-refractivity contribution in [2.24, 2.45) is 0 Å². The maximum Gasteiger partial charge on any atom is 0.416 e. The minimum absolute atomic E-state index is 0.252. The van der Waals surface area contributed by atoms with E-state index in [4.69, 9.17) is 10.2 Å². The summed E-state index contributed by atoms with van der Waals surface area (Å²) in [6.07, 6.45) is -5.18. The first-order valence-electron chi connectivity index (χ1n) is 4.52. The second-order valence-corrected chi connectivity index (χ2v) is 4.26. The Morgan fingerprint density at radius 3 is 2.19 bits per heavy atom. The molecule has 0 saturated carbocycles. The van der Waals surface area contributed by atoms with Gasteiger partial charge in [-0.1, -0.05) is 0 Å². The molecule has 0 saturated heterocycles. The van der Waals surface area contributed by atoms with E-state index >= 15 is 0 Å². The maximum absolute atomic E-state index is 12.2. The quantitative estimate of drug-likeness (QED) is 0.807. The Kier molecular flexibility index (Phi) is 4.64. The van der Waals surface area contributed by atoms with E-state index in [2.05, 4.69) is 0 Å². The molecule has 0 spiro atoms. The highest BCUT2D eigenvalue weighted by molar-refractivity contribution is 7.99. The first kappa shape index (κ1) is 13.3. The number of benzene rings is 1. The van der Waals surface area contributed by atoms with Gasteiger partial charge in [0.2, 0.25) is 0 Å². The van der Waals surface area contributed by atoms with E-state index in [1.807, 2.05) is 0 Å². The van der Waals surface area contributed by atoms with Crippen molar-refractivity contribution >= 4 is 11.8 Å². The van der Waals surface area contributed by atoms with E-state index in [9.17, 15) is 13.2 Å². The van der Waals surface area contributed by atoms with E-state index < -0.39 is 17.8 Å². The Bertz CT molecular complexity index is 324. The number of hydrogen-bond donors (Lipinski definition) is 2. The predicted octanol–water partition coefficient (Wildman–Crippen LogP) is 2.15. The van der Waals surface area contributed by atoms with Crippen molar-refractivity contribution in [3.05, 3.63) is 29.8 Å². The van der Waals surface area contributed by atoms with Crippen molar-refractivity contribution in [2.45, 2.75) is 17.2 Å². The van der Waals surface area contributed by atoms with Gasteiger partial charge in [-0.15, -0.1) is 11.8 Å². The SMILES string of the molecule is OCC(O)CSc1ccc(C(F)(F)F)cc1. The van der Waals surface area contributed by atoms with Gasteiger partial charge in [0, 0.05) is 10.6 Å². The first-order chi connectivity index (χ1) is 7.43. The molecule has 1 aromatic rings. The van der Waals surface area contributed by atoms with Gasteiger partial charge in [0.05, 0.1) is 18.3 Å².